The van der Waals surface area contributed by atoms with E-state index in [1.807, 2.05) is 0 Å². The third-order valence-corrected chi connectivity index (χ3v) is 4.51. The molecule has 0 spiro atoms. The summed E-state index contributed by atoms with van der Waals surface area (Å²) in [5, 5.41) is 18.1. The molecule has 0 radical (unpaired) electrons. The summed E-state index contributed by atoms with van der Waals surface area (Å²) in [7, 11) is 0. The van der Waals surface area contributed by atoms with Crippen LogP contribution in [0.1, 0.15) is 45.7 Å². The summed E-state index contributed by atoms with van der Waals surface area (Å²) >= 11 is 0. The number of esters is 2. The van der Waals surface area contributed by atoms with Crippen molar-refractivity contribution in [1.29, 1.82) is 0 Å². The highest BCUT2D eigenvalue weighted by molar-refractivity contribution is 5.90. The van der Waals surface area contributed by atoms with Crippen molar-refractivity contribution in [3.05, 3.63) is 70.8 Å². The molecule has 0 amide bonds. The van der Waals surface area contributed by atoms with Crippen LogP contribution in [0, 0.1) is 0 Å². The van der Waals surface area contributed by atoms with Gasteiger partial charge in [0.1, 0.15) is 0 Å². The molecule has 0 saturated carbocycles. The van der Waals surface area contributed by atoms with Crippen molar-refractivity contribution in [2.24, 2.45) is 0 Å². The zero-order chi connectivity index (χ0) is 25.2. The van der Waals surface area contributed by atoms with Crippen molar-refractivity contribution < 1.29 is 55.6 Å². The van der Waals surface area contributed by atoms with Gasteiger partial charge in [-0.2, -0.15) is 26.3 Å². The summed E-state index contributed by atoms with van der Waals surface area (Å²) in [6.45, 7) is 2.18. The number of hydrogen-bond donors (Lipinski definition) is 2. The topological polar surface area (TPSA) is 93.1 Å². The fraction of sp³-hybridized carbons (Fsp3) is 0.333. The highest BCUT2D eigenvalue weighted by Crippen LogP contribution is 2.56. The summed E-state index contributed by atoms with van der Waals surface area (Å²) in [5.74, 6) is -2.30. The lowest BCUT2D eigenvalue weighted by Gasteiger charge is -2.38. The van der Waals surface area contributed by atoms with Gasteiger partial charge in [-0.25, -0.2) is 9.59 Å². The Morgan fingerprint density at radius 2 is 0.939 bits per heavy atom. The summed E-state index contributed by atoms with van der Waals surface area (Å²) in [6.07, 6.45) is -14.8. The van der Waals surface area contributed by atoms with Crippen LogP contribution in [0.3, 0.4) is 0 Å². The predicted molar refractivity (Wildman–Crippen MR) is 100.0 cm³/mol. The molecule has 2 aromatic carbocycles. The van der Waals surface area contributed by atoms with E-state index in [1.54, 1.807) is 0 Å². The quantitative estimate of drug-likeness (QED) is 0.368. The van der Waals surface area contributed by atoms with Crippen molar-refractivity contribution in [2.75, 3.05) is 0 Å². The molecule has 2 aromatic rings. The minimum Gasteiger partial charge on any atom is -0.433 e. The fourth-order valence-corrected chi connectivity index (χ4v) is 3.14. The SMILES string of the molecule is CC(O)OC(=O)c1ccc(C(c2ccc(C(=O)OC(C)O)cc2)(C(F)(F)F)C(F)(F)F)cc1. The van der Waals surface area contributed by atoms with Crippen molar-refractivity contribution in [2.45, 2.75) is 44.2 Å². The van der Waals surface area contributed by atoms with E-state index in [-0.39, 0.29) is 11.1 Å². The molecule has 0 aromatic heterocycles. The smallest absolute Gasteiger partial charge is 0.411 e. The number of carbonyl (C=O) groups excluding carboxylic acids is 2. The molecule has 12 heteroatoms. The number of rotatable bonds is 6. The molecule has 2 N–H and O–H groups in total. The zero-order valence-electron chi connectivity index (χ0n) is 17.1. The van der Waals surface area contributed by atoms with E-state index in [1.165, 1.54) is 0 Å². The first-order valence-corrected chi connectivity index (χ1v) is 9.24. The number of carbonyl (C=O) groups is 2. The molecule has 2 atom stereocenters. The zero-order valence-corrected chi connectivity index (χ0v) is 17.1. The number of halogens is 6. The Morgan fingerprint density at radius 1 is 0.667 bits per heavy atom. The summed E-state index contributed by atoms with van der Waals surface area (Å²) in [4.78, 5) is 23.5. The Hall–Kier alpha value is -3.12. The number of aliphatic hydroxyl groups excluding tert-OH is 2. The molecule has 6 nitrogen and oxygen atoms in total. The Balaban J connectivity index is 2.64. The highest BCUT2D eigenvalue weighted by Gasteiger charge is 2.72. The molecule has 0 aliphatic heterocycles. The molecule has 2 unspecified atom stereocenters. The third kappa shape index (κ3) is 5.28. The second-order valence-corrected chi connectivity index (χ2v) is 6.91. The van der Waals surface area contributed by atoms with E-state index in [9.17, 15) is 35.9 Å². The summed E-state index contributed by atoms with van der Waals surface area (Å²) in [6, 6.07) is 4.76. The predicted octanol–water partition coefficient (Wildman–Crippen LogP) is 4.09. The molecule has 0 aliphatic rings. The van der Waals surface area contributed by atoms with Crippen LogP contribution in [0.25, 0.3) is 0 Å². The monoisotopic (exact) mass is 480 g/mol. The average Bonchev–Trinajstić information content (AvgIpc) is 2.66. The average molecular weight is 480 g/mol. The normalized spacial score (nSPS) is 14.4. The van der Waals surface area contributed by atoms with E-state index in [2.05, 4.69) is 9.47 Å². The number of ether oxygens (including phenoxy) is 2. The van der Waals surface area contributed by atoms with Gasteiger partial charge >= 0.3 is 24.3 Å². The maximum atomic E-state index is 14.1. The van der Waals surface area contributed by atoms with E-state index in [0.717, 1.165) is 13.8 Å². The minimum absolute atomic E-state index is 0.380. The van der Waals surface area contributed by atoms with Gasteiger partial charge in [0.05, 0.1) is 11.1 Å². The lowest BCUT2D eigenvalue weighted by Crippen LogP contribution is -2.54. The standard InChI is InChI=1S/C21H18F6O6/c1-11(28)32-17(30)13-3-7-15(8-4-13)19(20(22,23)24,21(25,26)27)16-9-5-14(6-10-16)18(31)33-12(2)29/h3-12,28-29H,1-2H3. The Morgan fingerprint density at radius 3 is 1.15 bits per heavy atom. The fourth-order valence-electron chi connectivity index (χ4n) is 3.14. The largest absolute Gasteiger partial charge is 0.433 e. The van der Waals surface area contributed by atoms with Gasteiger partial charge in [0.15, 0.2) is 12.6 Å². The van der Waals surface area contributed by atoms with E-state index in [4.69, 9.17) is 10.2 Å². The molecule has 0 heterocycles. The van der Waals surface area contributed by atoms with Crippen LogP contribution < -0.4 is 0 Å². The number of benzene rings is 2. The van der Waals surface area contributed by atoms with Gasteiger partial charge in [0, 0.05) is 0 Å². The number of hydrogen-bond acceptors (Lipinski definition) is 6. The first-order chi connectivity index (χ1) is 15.1. The van der Waals surface area contributed by atoms with Crippen molar-refractivity contribution in [3.8, 4) is 0 Å². The van der Waals surface area contributed by atoms with Crippen LogP contribution >= 0.6 is 0 Å². The maximum Gasteiger partial charge on any atom is 0.411 e. The number of alkyl halides is 6. The summed E-state index contributed by atoms with van der Waals surface area (Å²) < 4.78 is 93.7. The second-order valence-electron chi connectivity index (χ2n) is 6.91. The van der Waals surface area contributed by atoms with E-state index in [0.29, 0.717) is 48.5 Å². The first-order valence-electron chi connectivity index (χ1n) is 9.24. The lowest BCUT2D eigenvalue weighted by molar-refractivity contribution is -0.288. The van der Waals surface area contributed by atoms with Crippen LogP contribution in [0.15, 0.2) is 48.5 Å². The molecule has 0 aliphatic carbocycles. The molecule has 0 bridgehead atoms. The van der Waals surface area contributed by atoms with Gasteiger partial charge < -0.3 is 19.7 Å². The van der Waals surface area contributed by atoms with Gasteiger partial charge in [-0.15, -0.1) is 0 Å². The van der Waals surface area contributed by atoms with Crippen molar-refractivity contribution >= 4 is 11.9 Å². The van der Waals surface area contributed by atoms with E-state index < -0.39 is 53.4 Å². The Kier molecular flexibility index (Phi) is 7.44. The van der Waals surface area contributed by atoms with Crippen LogP contribution in [-0.4, -0.2) is 47.1 Å². The van der Waals surface area contributed by atoms with Crippen molar-refractivity contribution in [1.82, 2.24) is 0 Å². The molecule has 2 rings (SSSR count). The highest BCUT2D eigenvalue weighted by atomic mass is 19.4. The van der Waals surface area contributed by atoms with Gasteiger partial charge in [-0.1, -0.05) is 24.3 Å². The molecular formula is C21H18F6O6. The van der Waals surface area contributed by atoms with Crippen LogP contribution in [0.2, 0.25) is 0 Å². The first kappa shape index (κ1) is 26.1. The molecule has 0 fully saturated rings. The maximum absolute atomic E-state index is 14.1. The van der Waals surface area contributed by atoms with Crippen molar-refractivity contribution in [3.63, 3.8) is 0 Å². The second kappa shape index (κ2) is 9.40. The third-order valence-electron chi connectivity index (χ3n) is 4.51. The van der Waals surface area contributed by atoms with Crippen LogP contribution in [0.4, 0.5) is 26.3 Å². The molecule has 180 valence electrons. The van der Waals surface area contributed by atoms with E-state index >= 15 is 0 Å². The summed E-state index contributed by atoms with van der Waals surface area (Å²) in [5.41, 5.74) is -7.74. The molecule has 33 heavy (non-hydrogen) atoms. The van der Waals surface area contributed by atoms with Gasteiger partial charge in [-0.3, -0.25) is 0 Å². The molecular weight excluding hydrogens is 462 g/mol. The number of aliphatic hydroxyl groups is 2. The lowest BCUT2D eigenvalue weighted by atomic mass is 9.72. The Labute approximate surface area is 183 Å². The molecule has 0 saturated heterocycles. The Bertz CT molecular complexity index is 897. The minimum atomic E-state index is -5.88. The van der Waals surface area contributed by atoms with Gasteiger partial charge in [-0.05, 0) is 49.2 Å². The van der Waals surface area contributed by atoms with Gasteiger partial charge in [0.25, 0.3) is 0 Å². The van der Waals surface area contributed by atoms with Crippen LogP contribution in [-0.2, 0) is 14.9 Å². The van der Waals surface area contributed by atoms with Crippen LogP contribution in [0.5, 0.6) is 0 Å². The van der Waals surface area contributed by atoms with Gasteiger partial charge in [0.2, 0.25) is 5.41 Å².